The summed E-state index contributed by atoms with van der Waals surface area (Å²) in [6.07, 6.45) is 1.28. The van der Waals surface area contributed by atoms with Crippen LogP contribution in [0, 0.1) is 5.41 Å². The van der Waals surface area contributed by atoms with Gasteiger partial charge >= 0.3 is 0 Å². The van der Waals surface area contributed by atoms with Gasteiger partial charge in [-0.25, -0.2) is 0 Å². The van der Waals surface area contributed by atoms with Crippen molar-refractivity contribution in [1.29, 1.82) is 0 Å². The Bertz CT molecular complexity index is 514. The number of hydrogen-bond acceptors (Lipinski definition) is 4. The summed E-state index contributed by atoms with van der Waals surface area (Å²) in [5, 5.41) is 3.48. The van der Waals surface area contributed by atoms with Gasteiger partial charge in [0.1, 0.15) is 0 Å². The van der Waals surface area contributed by atoms with Gasteiger partial charge in [0.25, 0.3) is 0 Å². The quantitative estimate of drug-likeness (QED) is 0.868. The third-order valence-corrected chi connectivity index (χ3v) is 4.95. The van der Waals surface area contributed by atoms with Gasteiger partial charge in [-0.1, -0.05) is 6.92 Å². The molecule has 1 amide bonds. The Morgan fingerprint density at radius 2 is 1.91 bits per heavy atom. The first-order valence-corrected chi connectivity index (χ1v) is 8.14. The highest BCUT2D eigenvalue weighted by molar-refractivity contribution is 5.93. The second-order valence-corrected chi connectivity index (χ2v) is 6.91. The second-order valence-electron chi connectivity index (χ2n) is 6.91. The Balaban J connectivity index is 1.54. The standard InChI is InChI=1S/C17H26N4O/c1-17(6-7-19-12-17)13-20-8-10-21(11-9-20)15-4-2-14(3-5-15)16(18)22/h2-5,19H,6-13H2,1H3,(H2,18,22). The predicted octanol–water partition coefficient (Wildman–Crippen LogP) is 0.907. The van der Waals surface area contributed by atoms with Crippen LogP contribution in [0.2, 0.25) is 0 Å². The summed E-state index contributed by atoms with van der Waals surface area (Å²) < 4.78 is 0. The molecule has 0 bridgehead atoms. The van der Waals surface area contributed by atoms with Gasteiger partial charge in [0.05, 0.1) is 0 Å². The van der Waals surface area contributed by atoms with Crippen LogP contribution in [0.5, 0.6) is 0 Å². The number of rotatable bonds is 4. The van der Waals surface area contributed by atoms with Gasteiger partial charge in [-0.2, -0.15) is 0 Å². The molecule has 1 aromatic rings. The maximum Gasteiger partial charge on any atom is 0.248 e. The van der Waals surface area contributed by atoms with Crippen molar-refractivity contribution in [2.75, 3.05) is 50.7 Å². The zero-order valence-electron chi connectivity index (χ0n) is 13.3. The van der Waals surface area contributed by atoms with Crippen LogP contribution in [-0.2, 0) is 0 Å². The molecule has 0 saturated carbocycles. The summed E-state index contributed by atoms with van der Waals surface area (Å²) in [4.78, 5) is 16.1. The van der Waals surface area contributed by atoms with Crippen molar-refractivity contribution in [2.24, 2.45) is 11.1 Å². The number of carbonyl (C=O) groups is 1. The smallest absolute Gasteiger partial charge is 0.248 e. The highest BCUT2D eigenvalue weighted by atomic mass is 16.1. The summed E-state index contributed by atoms with van der Waals surface area (Å²) in [6.45, 7) is 10.2. The molecule has 22 heavy (non-hydrogen) atoms. The molecule has 0 spiro atoms. The molecular formula is C17H26N4O. The lowest BCUT2D eigenvalue weighted by Crippen LogP contribution is -2.49. The van der Waals surface area contributed by atoms with Crippen LogP contribution in [0.1, 0.15) is 23.7 Å². The van der Waals surface area contributed by atoms with Crippen molar-refractivity contribution < 1.29 is 4.79 Å². The number of benzene rings is 1. The van der Waals surface area contributed by atoms with E-state index in [1.807, 2.05) is 24.3 Å². The van der Waals surface area contributed by atoms with Crippen molar-refractivity contribution >= 4 is 11.6 Å². The molecule has 5 nitrogen and oxygen atoms in total. The Hall–Kier alpha value is -1.59. The van der Waals surface area contributed by atoms with Crippen molar-refractivity contribution in [3.63, 3.8) is 0 Å². The Morgan fingerprint density at radius 1 is 1.23 bits per heavy atom. The summed E-state index contributed by atoms with van der Waals surface area (Å²) in [6, 6.07) is 7.63. The second kappa shape index (κ2) is 6.26. The van der Waals surface area contributed by atoms with Crippen molar-refractivity contribution in [1.82, 2.24) is 10.2 Å². The Morgan fingerprint density at radius 3 is 2.45 bits per heavy atom. The van der Waals surface area contributed by atoms with Gasteiger partial charge in [0, 0.05) is 50.5 Å². The number of amides is 1. The zero-order valence-corrected chi connectivity index (χ0v) is 13.3. The third kappa shape index (κ3) is 3.42. The van der Waals surface area contributed by atoms with E-state index in [1.165, 1.54) is 18.7 Å². The van der Waals surface area contributed by atoms with E-state index in [0.717, 1.165) is 39.3 Å². The SMILES string of the molecule is CC1(CN2CCN(c3ccc(C(N)=O)cc3)CC2)CCNC1. The van der Waals surface area contributed by atoms with Crippen LogP contribution in [0.25, 0.3) is 0 Å². The minimum Gasteiger partial charge on any atom is -0.369 e. The van der Waals surface area contributed by atoms with Crippen LogP contribution >= 0.6 is 0 Å². The van der Waals surface area contributed by atoms with E-state index >= 15 is 0 Å². The lowest BCUT2D eigenvalue weighted by molar-refractivity contribution is 0.100. The van der Waals surface area contributed by atoms with Crippen molar-refractivity contribution in [3.05, 3.63) is 29.8 Å². The number of anilines is 1. The highest BCUT2D eigenvalue weighted by Gasteiger charge is 2.31. The normalized spacial score (nSPS) is 26.3. The molecule has 2 aliphatic heterocycles. The van der Waals surface area contributed by atoms with Crippen molar-refractivity contribution in [2.45, 2.75) is 13.3 Å². The summed E-state index contributed by atoms with van der Waals surface area (Å²) in [5.74, 6) is -0.366. The predicted molar refractivity (Wildman–Crippen MR) is 89.2 cm³/mol. The van der Waals surface area contributed by atoms with E-state index in [2.05, 4.69) is 22.0 Å². The van der Waals surface area contributed by atoms with Crippen LogP contribution in [0.3, 0.4) is 0 Å². The van der Waals surface area contributed by atoms with Gasteiger partial charge in [-0.05, 0) is 42.6 Å². The molecule has 0 radical (unpaired) electrons. The van der Waals surface area contributed by atoms with E-state index < -0.39 is 0 Å². The fraction of sp³-hybridized carbons (Fsp3) is 0.588. The molecule has 1 atom stereocenters. The van der Waals surface area contributed by atoms with Gasteiger partial charge in [-0.3, -0.25) is 9.69 Å². The maximum absolute atomic E-state index is 11.1. The molecule has 2 saturated heterocycles. The number of primary amides is 1. The van der Waals surface area contributed by atoms with E-state index in [9.17, 15) is 4.79 Å². The molecule has 2 aliphatic rings. The first kappa shape index (κ1) is 15.3. The molecule has 2 fully saturated rings. The highest BCUT2D eigenvalue weighted by Crippen LogP contribution is 2.26. The topological polar surface area (TPSA) is 61.6 Å². The van der Waals surface area contributed by atoms with E-state index in [-0.39, 0.29) is 5.91 Å². The van der Waals surface area contributed by atoms with Crippen LogP contribution in [0.4, 0.5) is 5.69 Å². The fourth-order valence-corrected chi connectivity index (χ4v) is 3.54. The number of carbonyl (C=O) groups excluding carboxylic acids is 1. The molecule has 120 valence electrons. The first-order chi connectivity index (χ1) is 10.6. The summed E-state index contributed by atoms with van der Waals surface area (Å²) in [7, 11) is 0. The number of nitrogens with zero attached hydrogens (tertiary/aromatic N) is 2. The average Bonchev–Trinajstić information content (AvgIpc) is 2.94. The molecule has 0 aromatic heterocycles. The Kier molecular flexibility index (Phi) is 4.36. The van der Waals surface area contributed by atoms with Crippen LogP contribution in [0.15, 0.2) is 24.3 Å². The summed E-state index contributed by atoms with van der Waals surface area (Å²) >= 11 is 0. The lowest BCUT2D eigenvalue weighted by Gasteiger charge is -2.39. The molecular weight excluding hydrogens is 276 g/mol. The number of hydrogen-bond donors (Lipinski definition) is 2. The van der Waals surface area contributed by atoms with Crippen LogP contribution in [-0.4, -0.2) is 56.6 Å². The molecule has 3 N–H and O–H groups in total. The average molecular weight is 302 g/mol. The van der Waals surface area contributed by atoms with E-state index in [4.69, 9.17) is 5.73 Å². The molecule has 5 heteroatoms. The van der Waals surface area contributed by atoms with Gasteiger partial charge in [-0.15, -0.1) is 0 Å². The van der Waals surface area contributed by atoms with Gasteiger partial charge < -0.3 is 16.0 Å². The lowest BCUT2D eigenvalue weighted by atomic mass is 9.89. The summed E-state index contributed by atoms with van der Waals surface area (Å²) in [5.41, 5.74) is 7.47. The largest absolute Gasteiger partial charge is 0.369 e. The van der Waals surface area contributed by atoms with Crippen molar-refractivity contribution in [3.8, 4) is 0 Å². The number of nitrogens with one attached hydrogen (secondary N) is 1. The molecule has 1 unspecified atom stereocenters. The number of piperazine rings is 1. The monoisotopic (exact) mass is 302 g/mol. The molecule has 3 rings (SSSR count). The molecule has 2 heterocycles. The maximum atomic E-state index is 11.1. The minimum absolute atomic E-state index is 0.366. The third-order valence-electron chi connectivity index (χ3n) is 4.95. The molecule has 0 aliphatic carbocycles. The zero-order chi connectivity index (χ0) is 15.6. The van der Waals surface area contributed by atoms with E-state index in [0.29, 0.717) is 11.0 Å². The van der Waals surface area contributed by atoms with E-state index in [1.54, 1.807) is 0 Å². The fourth-order valence-electron chi connectivity index (χ4n) is 3.54. The van der Waals surface area contributed by atoms with Gasteiger partial charge in [0.15, 0.2) is 0 Å². The number of nitrogens with two attached hydrogens (primary N) is 1. The van der Waals surface area contributed by atoms with Gasteiger partial charge in [0.2, 0.25) is 5.91 Å². The molecule has 1 aromatic carbocycles. The Labute approximate surface area is 132 Å². The first-order valence-electron chi connectivity index (χ1n) is 8.14. The van der Waals surface area contributed by atoms with Crippen LogP contribution < -0.4 is 16.0 Å². The minimum atomic E-state index is -0.366.